The van der Waals surface area contributed by atoms with Crippen LogP contribution in [0.1, 0.15) is 18.3 Å². The molecule has 0 saturated heterocycles. The Kier molecular flexibility index (Phi) is 4.52. The van der Waals surface area contributed by atoms with Gasteiger partial charge in [-0.3, -0.25) is 9.89 Å². The van der Waals surface area contributed by atoms with Crippen LogP contribution in [-0.4, -0.2) is 26.3 Å². The summed E-state index contributed by atoms with van der Waals surface area (Å²) in [6, 6.07) is 6.09. The fourth-order valence-electron chi connectivity index (χ4n) is 1.35. The largest absolute Gasteiger partial charge is 0.369 e. The van der Waals surface area contributed by atoms with Gasteiger partial charge in [0.1, 0.15) is 11.6 Å². The molecule has 0 saturated carbocycles. The molecule has 0 radical (unpaired) electrons. The van der Waals surface area contributed by atoms with E-state index in [1.54, 1.807) is 31.2 Å². The van der Waals surface area contributed by atoms with E-state index in [2.05, 4.69) is 15.2 Å². The van der Waals surface area contributed by atoms with E-state index in [4.69, 9.17) is 5.73 Å². The van der Waals surface area contributed by atoms with Crippen molar-refractivity contribution >= 4 is 29.8 Å². The Hall–Kier alpha value is -2.15. The molecule has 1 aromatic heterocycles. The van der Waals surface area contributed by atoms with Crippen molar-refractivity contribution in [3.8, 4) is 0 Å². The zero-order valence-electron chi connectivity index (χ0n) is 10.7. The maximum Gasteiger partial charge on any atom is 0.230 e. The van der Waals surface area contributed by atoms with E-state index in [0.29, 0.717) is 11.0 Å². The number of carbonyl (C=O) groups excluding carboxylic acids is 1. The van der Waals surface area contributed by atoms with Crippen LogP contribution in [0.4, 0.5) is 4.39 Å². The number of nitrogens with two attached hydrogens (primary N) is 1. The van der Waals surface area contributed by atoms with Crippen LogP contribution < -0.4 is 5.73 Å². The number of hydrogen-bond donors (Lipinski definition) is 2. The summed E-state index contributed by atoms with van der Waals surface area (Å²) in [7, 11) is 0. The first-order valence-corrected chi connectivity index (χ1v) is 6.74. The van der Waals surface area contributed by atoms with Crippen molar-refractivity contribution in [2.75, 3.05) is 0 Å². The first kappa shape index (κ1) is 14.3. The Balaban J connectivity index is 2.02. The van der Waals surface area contributed by atoms with Crippen LogP contribution in [0.3, 0.4) is 0 Å². The summed E-state index contributed by atoms with van der Waals surface area (Å²) in [5.41, 5.74) is 6.02. The summed E-state index contributed by atoms with van der Waals surface area (Å²) >= 11 is 1.18. The van der Waals surface area contributed by atoms with Crippen LogP contribution in [0, 0.1) is 5.82 Å². The molecule has 0 aliphatic rings. The minimum atomic E-state index is -0.414. The topological polar surface area (TPSA) is 84.7 Å². The van der Waals surface area contributed by atoms with Crippen LogP contribution in [-0.2, 0) is 4.79 Å². The van der Waals surface area contributed by atoms with Crippen LogP contribution in [0.2, 0.25) is 0 Å². The van der Waals surface area contributed by atoms with E-state index in [1.807, 2.05) is 0 Å². The Bertz CT molecular complexity index is 624. The number of aromatic nitrogens is 3. The van der Waals surface area contributed by atoms with Gasteiger partial charge in [-0.1, -0.05) is 30.0 Å². The van der Waals surface area contributed by atoms with Gasteiger partial charge >= 0.3 is 0 Å². The van der Waals surface area contributed by atoms with E-state index in [-0.39, 0.29) is 11.1 Å². The maximum absolute atomic E-state index is 12.7. The Labute approximate surface area is 119 Å². The van der Waals surface area contributed by atoms with Crippen molar-refractivity contribution in [1.82, 2.24) is 15.2 Å². The highest BCUT2D eigenvalue weighted by Crippen LogP contribution is 2.19. The van der Waals surface area contributed by atoms with Gasteiger partial charge in [-0.15, -0.1) is 5.10 Å². The number of H-pyrrole nitrogens is 1. The van der Waals surface area contributed by atoms with Crippen molar-refractivity contribution < 1.29 is 9.18 Å². The van der Waals surface area contributed by atoms with E-state index < -0.39 is 5.91 Å². The molecule has 1 aromatic carbocycles. The molecule has 1 atom stereocenters. The molecule has 1 heterocycles. The fourth-order valence-corrected chi connectivity index (χ4v) is 2.03. The summed E-state index contributed by atoms with van der Waals surface area (Å²) in [6.07, 6.45) is 3.51. The lowest BCUT2D eigenvalue weighted by Crippen LogP contribution is -2.22. The molecule has 3 N–H and O–H groups in total. The number of rotatable bonds is 5. The summed E-state index contributed by atoms with van der Waals surface area (Å²) < 4.78 is 12.7. The van der Waals surface area contributed by atoms with Gasteiger partial charge in [0.15, 0.2) is 0 Å². The normalized spacial score (nSPS) is 12.7. The average Bonchev–Trinajstić information content (AvgIpc) is 2.85. The molecule has 0 bridgehead atoms. The summed E-state index contributed by atoms with van der Waals surface area (Å²) in [5, 5.41) is 6.77. The predicted molar refractivity (Wildman–Crippen MR) is 76.2 cm³/mol. The van der Waals surface area contributed by atoms with Gasteiger partial charge in [0.25, 0.3) is 0 Å². The monoisotopic (exact) mass is 292 g/mol. The summed E-state index contributed by atoms with van der Waals surface area (Å²) in [6.45, 7) is 1.69. The molecule has 7 heteroatoms. The molecule has 0 aliphatic heterocycles. The molecule has 0 spiro atoms. The number of amides is 1. The number of aromatic amines is 1. The molecular formula is C13H13FN4OS. The van der Waals surface area contributed by atoms with Gasteiger partial charge in [0.2, 0.25) is 11.1 Å². The minimum absolute atomic E-state index is 0.277. The molecule has 2 aromatic rings. The second kappa shape index (κ2) is 6.33. The molecular weight excluding hydrogens is 279 g/mol. The van der Waals surface area contributed by atoms with Crippen LogP contribution in [0.15, 0.2) is 29.4 Å². The molecule has 2 rings (SSSR count). The van der Waals surface area contributed by atoms with Crippen molar-refractivity contribution in [1.29, 1.82) is 0 Å². The zero-order chi connectivity index (χ0) is 14.5. The van der Waals surface area contributed by atoms with Crippen molar-refractivity contribution in [3.63, 3.8) is 0 Å². The first-order chi connectivity index (χ1) is 9.54. The molecule has 0 aliphatic carbocycles. The van der Waals surface area contributed by atoms with Gasteiger partial charge < -0.3 is 5.73 Å². The number of benzene rings is 1. The fraction of sp³-hybridized carbons (Fsp3) is 0.154. The zero-order valence-corrected chi connectivity index (χ0v) is 11.5. The molecule has 1 unspecified atom stereocenters. The highest BCUT2D eigenvalue weighted by Gasteiger charge is 2.13. The quantitative estimate of drug-likeness (QED) is 0.826. The smallest absolute Gasteiger partial charge is 0.230 e. The summed E-state index contributed by atoms with van der Waals surface area (Å²) in [4.78, 5) is 15.1. The number of carbonyl (C=O) groups is 1. The Morgan fingerprint density at radius 1 is 1.40 bits per heavy atom. The van der Waals surface area contributed by atoms with Crippen LogP contribution >= 0.6 is 11.8 Å². The van der Waals surface area contributed by atoms with Crippen LogP contribution in [0.25, 0.3) is 12.2 Å². The van der Waals surface area contributed by atoms with Crippen molar-refractivity contribution in [3.05, 3.63) is 41.5 Å². The number of hydrogen-bond acceptors (Lipinski definition) is 4. The van der Waals surface area contributed by atoms with Gasteiger partial charge in [-0.25, -0.2) is 9.37 Å². The average molecular weight is 292 g/mol. The number of thioether (sulfide) groups is 1. The summed E-state index contributed by atoms with van der Waals surface area (Å²) in [5.74, 6) is -0.141. The van der Waals surface area contributed by atoms with E-state index in [9.17, 15) is 9.18 Å². The third-order valence-electron chi connectivity index (χ3n) is 2.47. The van der Waals surface area contributed by atoms with Crippen LogP contribution in [0.5, 0.6) is 0 Å². The van der Waals surface area contributed by atoms with Crippen molar-refractivity contribution in [2.45, 2.75) is 17.3 Å². The SMILES string of the molecule is CC(Sc1n[nH]c(/C=C/c2ccc(F)cc2)n1)C(N)=O. The predicted octanol–water partition coefficient (Wildman–Crippen LogP) is 2.08. The second-order valence-electron chi connectivity index (χ2n) is 4.05. The van der Waals surface area contributed by atoms with E-state index >= 15 is 0 Å². The van der Waals surface area contributed by atoms with E-state index in [1.165, 1.54) is 23.9 Å². The lowest BCUT2D eigenvalue weighted by Gasteiger charge is -2.00. The Morgan fingerprint density at radius 2 is 2.10 bits per heavy atom. The number of halogens is 1. The molecule has 5 nitrogen and oxygen atoms in total. The molecule has 0 fully saturated rings. The van der Waals surface area contributed by atoms with Gasteiger partial charge in [-0.2, -0.15) is 0 Å². The number of primary amides is 1. The van der Waals surface area contributed by atoms with Gasteiger partial charge in [-0.05, 0) is 30.7 Å². The number of nitrogens with one attached hydrogen (secondary N) is 1. The molecule has 20 heavy (non-hydrogen) atoms. The van der Waals surface area contributed by atoms with Gasteiger partial charge in [0.05, 0.1) is 5.25 Å². The highest BCUT2D eigenvalue weighted by atomic mass is 32.2. The maximum atomic E-state index is 12.7. The minimum Gasteiger partial charge on any atom is -0.369 e. The first-order valence-electron chi connectivity index (χ1n) is 5.86. The van der Waals surface area contributed by atoms with Gasteiger partial charge in [0, 0.05) is 0 Å². The van der Waals surface area contributed by atoms with E-state index in [0.717, 1.165) is 5.56 Å². The third-order valence-corrected chi connectivity index (χ3v) is 3.45. The lowest BCUT2D eigenvalue weighted by molar-refractivity contribution is -0.117. The molecule has 1 amide bonds. The standard InChI is InChI=1S/C13H13FN4OS/c1-8(12(15)19)20-13-16-11(17-18-13)7-4-9-2-5-10(14)6-3-9/h2-8H,1H3,(H2,15,19)(H,16,17,18)/b7-4+. The number of nitrogens with zero attached hydrogens (tertiary/aromatic N) is 2. The second-order valence-corrected chi connectivity index (χ2v) is 5.36. The highest BCUT2D eigenvalue weighted by molar-refractivity contribution is 8.00. The Morgan fingerprint density at radius 3 is 2.75 bits per heavy atom. The van der Waals surface area contributed by atoms with Crippen molar-refractivity contribution in [2.24, 2.45) is 5.73 Å². The third kappa shape index (κ3) is 3.92. The lowest BCUT2D eigenvalue weighted by atomic mass is 10.2. The molecule has 104 valence electrons.